The summed E-state index contributed by atoms with van der Waals surface area (Å²) >= 11 is 0. The van der Waals surface area contributed by atoms with Gasteiger partial charge in [-0.25, -0.2) is 0 Å². The number of hydrogen-bond donors (Lipinski definition) is 2. The molecule has 0 aliphatic carbocycles. The van der Waals surface area contributed by atoms with Gasteiger partial charge in [0.25, 0.3) is 0 Å². The molecule has 150 valence electrons. The number of nitriles is 1. The van der Waals surface area contributed by atoms with E-state index in [4.69, 9.17) is 15.2 Å². The van der Waals surface area contributed by atoms with E-state index in [1.807, 2.05) is 44.2 Å². The van der Waals surface area contributed by atoms with Crippen LogP contribution in [0.15, 0.2) is 48.0 Å². The SMILES string of the molecule is C=c1ncc(C#N)c(N[C@H](C)c2ccccc2)/c1=C/C(N)=C(\C)OC1CCOC1. The molecule has 1 aromatic carbocycles. The van der Waals surface area contributed by atoms with Crippen LogP contribution < -0.4 is 21.6 Å². The van der Waals surface area contributed by atoms with E-state index >= 15 is 0 Å². The number of benzene rings is 1. The molecular weight excluding hydrogens is 364 g/mol. The van der Waals surface area contributed by atoms with Crippen LogP contribution in [0.5, 0.6) is 0 Å². The van der Waals surface area contributed by atoms with Crippen molar-refractivity contribution >= 4 is 18.3 Å². The smallest absolute Gasteiger partial charge is 0.124 e. The molecule has 1 aliphatic rings. The second-order valence-corrected chi connectivity index (χ2v) is 7.06. The lowest BCUT2D eigenvalue weighted by molar-refractivity contribution is 0.0916. The molecule has 1 saturated heterocycles. The number of nitrogens with one attached hydrogen (secondary N) is 1. The Bertz CT molecular complexity index is 1040. The third-order valence-electron chi connectivity index (χ3n) is 4.92. The Morgan fingerprint density at radius 2 is 2.21 bits per heavy atom. The lowest BCUT2D eigenvalue weighted by Crippen LogP contribution is -2.32. The number of allylic oxidation sites excluding steroid dienone is 2. The monoisotopic (exact) mass is 390 g/mol. The molecule has 3 rings (SSSR count). The Kier molecular flexibility index (Phi) is 6.53. The van der Waals surface area contributed by atoms with Gasteiger partial charge in [-0.3, -0.25) is 4.98 Å². The van der Waals surface area contributed by atoms with E-state index in [0.717, 1.165) is 12.0 Å². The fraction of sp³-hybridized carbons (Fsp3) is 0.304. The van der Waals surface area contributed by atoms with E-state index in [9.17, 15) is 5.26 Å². The molecule has 1 aromatic heterocycles. The molecule has 0 radical (unpaired) electrons. The minimum Gasteiger partial charge on any atom is -0.490 e. The molecule has 3 N–H and O–H groups in total. The first-order valence-electron chi connectivity index (χ1n) is 9.61. The van der Waals surface area contributed by atoms with Gasteiger partial charge < -0.3 is 20.5 Å². The summed E-state index contributed by atoms with van der Waals surface area (Å²) in [6, 6.07) is 12.2. The molecule has 1 fully saturated rings. The van der Waals surface area contributed by atoms with Crippen LogP contribution in [0.2, 0.25) is 0 Å². The number of hydrogen-bond acceptors (Lipinski definition) is 6. The third-order valence-corrected chi connectivity index (χ3v) is 4.92. The highest BCUT2D eigenvalue weighted by molar-refractivity contribution is 5.63. The van der Waals surface area contributed by atoms with Gasteiger partial charge in [0.1, 0.15) is 17.9 Å². The van der Waals surface area contributed by atoms with E-state index in [2.05, 4.69) is 22.9 Å². The van der Waals surface area contributed by atoms with Crippen molar-refractivity contribution in [3.8, 4) is 6.07 Å². The summed E-state index contributed by atoms with van der Waals surface area (Å²) in [6.45, 7) is 9.15. The van der Waals surface area contributed by atoms with Gasteiger partial charge in [-0.15, -0.1) is 0 Å². The number of nitrogens with two attached hydrogens (primary N) is 1. The zero-order valence-electron chi connectivity index (χ0n) is 16.8. The molecule has 0 spiro atoms. The largest absolute Gasteiger partial charge is 0.490 e. The summed E-state index contributed by atoms with van der Waals surface area (Å²) in [7, 11) is 0. The first kappa shape index (κ1) is 20.4. The first-order valence-corrected chi connectivity index (χ1v) is 9.61. The number of pyridine rings is 1. The van der Waals surface area contributed by atoms with E-state index in [1.54, 1.807) is 6.08 Å². The van der Waals surface area contributed by atoms with Crippen LogP contribution in [0.1, 0.15) is 37.4 Å². The van der Waals surface area contributed by atoms with Crippen molar-refractivity contribution in [2.75, 3.05) is 18.5 Å². The van der Waals surface area contributed by atoms with Crippen molar-refractivity contribution in [2.45, 2.75) is 32.4 Å². The highest BCUT2D eigenvalue weighted by atomic mass is 16.5. The molecule has 6 heteroatoms. The average molecular weight is 390 g/mol. The summed E-state index contributed by atoms with van der Waals surface area (Å²) in [5.41, 5.74) is 8.95. The highest BCUT2D eigenvalue weighted by Crippen LogP contribution is 2.19. The number of nitrogens with zero attached hydrogens (tertiary/aromatic N) is 2. The molecule has 2 heterocycles. The molecule has 0 saturated carbocycles. The van der Waals surface area contributed by atoms with Crippen LogP contribution in [-0.2, 0) is 9.47 Å². The average Bonchev–Trinajstić information content (AvgIpc) is 3.24. The molecule has 1 aliphatic heterocycles. The number of aromatic nitrogens is 1. The standard InChI is InChI=1S/C23H26N4O2/c1-15(18-7-5-4-6-8-18)27-23-19(12-24)13-26-16(2)21(23)11-22(25)17(3)29-20-9-10-28-14-20/h4-8,11,13,15,20,27H,2,9-10,14,25H2,1,3H3/b21-11+,22-17-/t15-,20?/m1/s1. The maximum Gasteiger partial charge on any atom is 0.124 e. The van der Waals surface area contributed by atoms with Crippen LogP contribution in [0.25, 0.3) is 12.7 Å². The summed E-state index contributed by atoms with van der Waals surface area (Å²) in [5.74, 6) is 0.615. The van der Waals surface area contributed by atoms with Gasteiger partial charge in [0.05, 0.1) is 35.5 Å². The van der Waals surface area contributed by atoms with Crippen LogP contribution in [0.3, 0.4) is 0 Å². The van der Waals surface area contributed by atoms with Crippen molar-refractivity contribution in [2.24, 2.45) is 5.73 Å². The van der Waals surface area contributed by atoms with Crippen LogP contribution >= 0.6 is 0 Å². The summed E-state index contributed by atoms with van der Waals surface area (Å²) in [4.78, 5) is 4.26. The fourth-order valence-corrected chi connectivity index (χ4v) is 3.18. The molecule has 0 amide bonds. The fourth-order valence-electron chi connectivity index (χ4n) is 3.18. The normalized spacial score (nSPS) is 18.7. The Balaban J connectivity index is 2.00. The Hall–Kier alpha value is -3.30. The molecule has 6 nitrogen and oxygen atoms in total. The van der Waals surface area contributed by atoms with Crippen LogP contribution in [0, 0.1) is 11.3 Å². The molecule has 1 unspecified atom stereocenters. The molecule has 0 bridgehead atoms. The zero-order valence-corrected chi connectivity index (χ0v) is 16.8. The summed E-state index contributed by atoms with van der Waals surface area (Å²) in [6.07, 6.45) is 4.15. The van der Waals surface area contributed by atoms with Gasteiger partial charge in [-0.05, 0) is 25.5 Å². The van der Waals surface area contributed by atoms with Crippen molar-refractivity contribution in [1.29, 1.82) is 5.26 Å². The van der Waals surface area contributed by atoms with Gasteiger partial charge in [0, 0.05) is 23.9 Å². The minimum absolute atomic E-state index is 0.0143. The third kappa shape index (κ3) is 4.95. The van der Waals surface area contributed by atoms with Gasteiger partial charge in [0.15, 0.2) is 0 Å². The molecular formula is C23H26N4O2. The van der Waals surface area contributed by atoms with Gasteiger partial charge >= 0.3 is 0 Å². The summed E-state index contributed by atoms with van der Waals surface area (Å²) < 4.78 is 11.2. The molecule has 29 heavy (non-hydrogen) atoms. The number of anilines is 1. The maximum atomic E-state index is 9.60. The van der Waals surface area contributed by atoms with Crippen LogP contribution in [-0.4, -0.2) is 24.3 Å². The predicted octanol–water partition coefficient (Wildman–Crippen LogP) is 2.31. The highest BCUT2D eigenvalue weighted by Gasteiger charge is 2.18. The lowest BCUT2D eigenvalue weighted by Gasteiger charge is -2.18. The van der Waals surface area contributed by atoms with Crippen molar-refractivity contribution < 1.29 is 9.47 Å². The molecule has 2 atom stereocenters. The van der Waals surface area contributed by atoms with Gasteiger partial charge in [-0.2, -0.15) is 5.26 Å². The quantitative estimate of drug-likeness (QED) is 0.736. The second-order valence-electron chi connectivity index (χ2n) is 7.06. The van der Waals surface area contributed by atoms with E-state index in [-0.39, 0.29) is 12.1 Å². The Labute approximate surface area is 171 Å². The van der Waals surface area contributed by atoms with Crippen molar-refractivity contribution in [3.05, 3.63) is 69.7 Å². The number of ether oxygens (including phenoxy) is 2. The zero-order chi connectivity index (χ0) is 20.8. The Morgan fingerprint density at radius 1 is 1.45 bits per heavy atom. The van der Waals surface area contributed by atoms with E-state index in [0.29, 0.717) is 46.5 Å². The summed E-state index contributed by atoms with van der Waals surface area (Å²) in [5, 5.41) is 14.2. The lowest BCUT2D eigenvalue weighted by atomic mass is 10.1. The maximum absolute atomic E-state index is 9.60. The topological polar surface area (TPSA) is 93.2 Å². The molecule has 2 aromatic rings. The van der Waals surface area contributed by atoms with Gasteiger partial charge in [0.2, 0.25) is 0 Å². The van der Waals surface area contributed by atoms with Crippen LogP contribution in [0.4, 0.5) is 5.69 Å². The minimum atomic E-state index is -0.0181. The predicted molar refractivity (Wildman–Crippen MR) is 114 cm³/mol. The van der Waals surface area contributed by atoms with Gasteiger partial charge in [-0.1, -0.05) is 36.9 Å². The van der Waals surface area contributed by atoms with E-state index in [1.165, 1.54) is 6.20 Å². The van der Waals surface area contributed by atoms with E-state index < -0.39 is 0 Å². The number of rotatable bonds is 6. The Morgan fingerprint density at radius 3 is 2.86 bits per heavy atom. The second kappa shape index (κ2) is 9.26. The first-order chi connectivity index (χ1) is 14.0. The van der Waals surface area contributed by atoms with Crippen molar-refractivity contribution in [3.63, 3.8) is 0 Å². The van der Waals surface area contributed by atoms with Crippen molar-refractivity contribution in [1.82, 2.24) is 4.98 Å².